The van der Waals surface area contributed by atoms with Gasteiger partial charge < -0.3 is 5.32 Å². The summed E-state index contributed by atoms with van der Waals surface area (Å²) in [6, 6.07) is 13.0. The van der Waals surface area contributed by atoms with E-state index in [1.807, 2.05) is 24.1 Å². The van der Waals surface area contributed by atoms with Crippen LogP contribution in [0.1, 0.15) is 23.7 Å². The lowest BCUT2D eigenvalue weighted by molar-refractivity contribution is 0.102. The van der Waals surface area contributed by atoms with Crippen molar-refractivity contribution in [3.8, 4) is 0 Å². The summed E-state index contributed by atoms with van der Waals surface area (Å²) in [5, 5.41) is 9.09. The van der Waals surface area contributed by atoms with Crippen LogP contribution in [0.15, 0.2) is 53.6 Å². The van der Waals surface area contributed by atoms with Gasteiger partial charge in [-0.1, -0.05) is 0 Å². The summed E-state index contributed by atoms with van der Waals surface area (Å²) in [5.41, 5.74) is 3.19. The largest absolute Gasteiger partial charge is 0.322 e. The summed E-state index contributed by atoms with van der Waals surface area (Å²) in [6.07, 6.45) is 0.965. The van der Waals surface area contributed by atoms with Crippen LogP contribution < -0.4 is 10.3 Å². The lowest BCUT2D eigenvalue weighted by atomic mass is 10.2. The van der Waals surface area contributed by atoms with Crippen molar-refractivity contribution < 1.29 is 9.18 Å². The van der Waals surface area contributed by atoms with Crippen LogP contribution >= 0.6 is 0 Å². The second kappa shape index (κ2) is 5.97. The third-order valence-electron chi connectivity index (χ3n) is 3.51. The smallest absolute Gasteiger partial charge is 0.255 e. The van der Waals surface area contributed by atoms with Crippen LogP contribution in [0.5, 0.6) is 0 Å². The second-order valence-corrected chi connectivity index (χ2v) is 5.22. The first kappa shape index (κ1) is 14.3. The molecule has 0 fully saturated rings. The van der Waals surface area contributed by atoms with E-state index in [1.165, 1.54) is 24.3 Å². The number of hydrogen-bond acceptors (Lipinski definition) is 3. The number of anilines is 2. The van der Waals surface area contributed by atoms with E-state index in [-0.39, 0.29) is 11.7 Å². The number of benzene rings is 2. The fourth-order valence-electron chi connectivity index (χ4n) is 2.28. The van der Waals surface area contributed by atoms with Crippen molar-refractivity contribution in [3.05, 3.63) is 59.9 Å². The van der Waals surface area contributed by atoms with Crippen molar-refractivity contribution in [2.24, 2.45) is 5.10 Å². The molecular formula is C17H16FN3O. The maximum atomic E-state index is 12.8. The van der Waals surface area contributed by atoms with Gasteiger partial charge >= 0.3 is 0 Å². The number of nitrogens with zero attached hydrogens (tertiary/aromatic N) is 2. The minimum Gasteiger partial charge on any atom is -0.322 e. The monoisotopic (exact) mass is 297 g/mol. The molecule has 0 bridgehead atoms. The van der Waals surface area contributed by atoms with Crippen LogP contribution in [-0.2, 0) is 0 Å². The molecule has 1 amide bonds. The SMILES string of the molecule is CC1=NN(c2ccc(C(=O)Nc3ccc(F)cc3)cc2)CC1. The Morgan fingerprint density at radius 2 is 1.82 bits per heavy atom. The minimum atomic E-state index is -0.330. The third kappa shape index (κ3) is 3.14. The minimum absolute atomic E-state index is 0.223. The molecule has 2 aromatic carbocycles. The number of hydrogen-bond donors (Lipinski definition) is 1. The van der Waals surface area contributed by atoms with E-state index in [0.29, 0.717) is 11.3 Å². The summed E-state index contributed by atoms with van der Waals surface area (Å²) in [5.74, 6) is -0.553. The molecular weight excluding hydrogens is 281 g/mol. The van der Waals surface area contributed by atoms with Crippen LogP contribution in [0.2, 0.25) is 0 Å². The predicted octanol–water partition coefficient (Wildman–Crippen LogP) is 3.66. The third-order valence-corrected chi connectivity index (χ3v) is 3.51. The predicted molar refractivity (Wildman–Crippen MR) is 85.9 cm³/mol. The van der Waals surface area contributed by atoms with Crippen molar-refractivity contribution in [3.63, 3.8) is 0 Å². The Bertz CT molecular complexity index is 708. The fourth-order valence-corrected chi connectivity index (χ4v) is 2.28. The number of carbonyl (C=O) groups excluding carboxylic acids is 1. The summed E-state index contributed by atoms with van der Waals surface area (Å²) < 4.78 is 12.8. The lowest BCUT2D eigenvalue weighted by Gasteiger charge is -2.14. The molecule has 4 nitrogen and oxygen atoms in total. The summed E-state index contributed by atoms with van der Waals surface area (Å²) >= 11 is 0. The average molecular weight is 297 g/mol. The highest BCUT2D eigenvalue weighted by Gasteiger charge is 2.13. The van der Waals surface area contributed by atoms with Crippen molar-refractivity contribution in [1.29, 1.82) is 0 Å². The summed E-state index contributed by atoms with van der Waals surface area (Å²) in [4.78, 5) is 12.1. The number of rotatable bonds is 3. The highest BCUT2D eigenvalue weighted by molar-refractivity contribution is 6.04. The Labute approximate surface area is 128 Å². The number of nitrogens with one attached hydrogen (secondary N) is 1. The summed E-state index contributed by atoms with van der Waals surface area (Å²) in [6.45, 7) is 2.87. The van der Waals surface area contributed by atoms with Crippen LogP contribution in [0.25, 0.3) is 0 Å². The lowest BCUT2D eigenvalue weighted by Crippen LogP contribution is -2.14. The maximum absolute atomic E-state index is 12.8. The fraction of sp³-hybridized carbons (Fsp3) is 0.176. The van der Waals surface area contributed by atoms with E-state index in [9.17, 15) is 9.18 Å². The van der Waals surface area contributed by atoms with Crippen LogP contribution in [0.3, 0.4) is 0 Å². The molecule has 5 heteroatoms. The Morgan fingerprint density at radius 1 is 1.14 bits per heavy atom. The number of halogens is 1. The molecule has 0 unspecified atom stereocenters. The molecule has 1 aliphatic heterocycles. The number of hydrazone groups is 1. The van der Waals surface area contributed by atoms with Crippen molar-refractivity contribution in [2.75, 3.05) is 16.9 Å². The van der Waals surface area contributed by atoms with E-state index < -0.39 is 0 Å². The molecule has 2 aromatic rings. The van der Waals surface area contributed by atoms with Crippen LogP contribution in [0.4, 0.5) is 15.8 Å². The molecule has 22 heavy (non-hydrogen) atoms. The van der Waals surface area contributed by atoms with Gasteiger partial charge in [0.15, 0.2) is 0 Å². The van der Waals surface area contributed by atoms with E-state index in [0.717, 1.165) is 24.4 Å². The first-order valence-corrected chi connectivity index (χ1v) is 7.10. The zero-order valence-corrected chi connectivity index (χ0v) is 12.2. The molecule has 3 rings (SSSR count). The first-order chi connectivity index (χ1) is 10.6. The van der Waals surface area contributed by atoms with Gasteiger partial charge in [0.05, 0.1) is 5.69 Å². The van der Waals surface area contributed by atoms with Crippen molar-refractivity contribution in [2.45, 2.75) is 13.3 Å². The molecule has 0 aliphatic carbocycles. The van der Waals surface area contributed by atoms with Gasteiger partial charge in [-0.25, -0.2) is 4.39 Å². The van der Waals surface area contributed by atoms with Crippen LogP contribution in [-0.4, -0.2) is 18.2 Å². The Morgan fingerprint density at radius 3 is 2.41 bits per heavy atom. The molecule has 0 atom stereocenters. The molecule has 112 valence electrons. The first-order valence-electron chi connectivity index (χ1n) is 7.10. The molecule has 1 aliphatic rings. The molecule has 0 spiro atoms. The Balaban J connectivity index is 1.69. The Hall–Kier alpha value is -2.69. The standard InChI is InChI=1S/C17H16FN3O/c1-12-10-11-21(20-12)16-8-2-13(3-9-16)17(22)19-15-6-4-14(18)5-7-15/h2-9H,10-11H2,1H3,(H,19,22). The molecule has 0 radical (unpaired) electrons. The van der Waals surface area contributed by atoms with E-state index in [4.69, 9.17) is 0 Å². The van der Waals surface area contributed by atoms with Crippen molar-refractivity contribution in [1.82, 2.24) is 0 Å². The van der Waals surface area contributed by atoms with E-state index in [1.54, 1.807) is 12.1 Å². The molecule has 0 saturated carbocycles. The highest BCUT2D eigenvalue weighted by atomic mass is 19.1. The van der Waals surface area contributed by atoms with Gasteiger partial charge in [-0.3, -0.25) is 9.80 Å². The van der Waals surface area contributed by atoms with Gasteiger partial charge in [-0.15, -0.1) is 0 Å². The molecule has 1 N–H and O–H groups in total. The molecule has 1 heterocycles. The van der Waals surface area contributed by atoms with Gasteiger partial charge in [-0.05, 0) is 55.5 Å². The summed E-state index contributed by atoms with van der Waals surface area (Å²) in [7, 11) is 0. The number of carbonyl (C=O) groups is 1. The molecule has 0 saturated heterocycles. The van der Waals surface area contributed by atoms with Gasteiger partial charge in [0.25, 0.3) is 5.91 Å². The van der Waals surface area contributed by atoms with Gasteiger partial charge in [-0.2, -0.15) is 5.10 Å². The zero-order valence-electron chi connectivity index (χ0n) is 12.2. The van der Waals surface area contributed by atoms with Gasteiger partial charge in [0.2, 0.25) is 0 Å². The average Bonchev–Trinajstić information content (AvgIpc) is 2.96. The highest BCUT2D eigenvalue weighted by Crippen LogP contribution is 2.20. The topological polar surface area (TPSA) is 44.7 Å². The Kier molecular flexibility index (Phi) is 3.87. The normalized spacial score (nSPS) is 13.9. The zero-order chi connectivity index (χ0) is 15.5. The van der Waals surface area contributed by atoms with Gasteiger partial charge in [0, 0.05) is 29.9 Å². The van der Waals surface area contributed by atoms with E-state index in [2.05, 4.69) is 10.4 Å². The maximum Gasteiger partial charge on any atom is 0.255 e. The van der Waals surface area contributed by atoms with Crippen molar-refractivity contribution >= 4 is 23.0 Å². The number of amides is 1. The van der Waals surface area contributed by atoms with Gasteiger partial charge in [0.1, 0.15) is 5.82 Å². The second-order valence-electron chi connectivity index (χ2n) is 5.22. The molecule has 0 aromatic heterocycles. The van der Waals surface area contributed by atoms with Crippen LogP contribution in [0, 0.1) is 5.82 Å². The quantitative estimate of drug-likeness (QED) is 0.939. The van der Waals surface area contributed by atoms with E-state index >= 15 is 0 Å².